The number of hydrogen-bond acceptors (Lipinski definition) is 6. The number of piperidine rings is 1. The van der Waals surface area contributed by atoms with Crippen molar-refractivity contribution in [3.05, 3.63) is 83.4 Å². The quantitative estimate of drug-likeness (QED) is 0.483. The number of aromatic nitrogens is 3. The molecule has 2 saturated heterocycles. The second-order valence-electron chi connectivity index (χ2n) is 10.5. The van der Waals surface area contributed by atoms with E-state index >= 15 is 0 Å². The lowest BCUT2D eigenvalue weighted by atomic mass is 9.94. The molecule has 1 aliphatic carbocycles. The monoisotopic (exact) mass is 499 g/mol. The summed E-state index contributed by atoms with van der Waals surface area (Å²) in [4.78, 5) is 32.2. The maximum Gasteiger partial charge on any atom is 0.410 e. The molecule has 0 radical (unpaired) electrons. The lowest BCUT2D eigenvalue weighted by molar-refractivity contribution is 0.0819. The summed E-state index contributed by atoms with van der Waals surface area (Å²) >= 11 is 0. The molecule has 2 aromatic heterocycles. The lowest BCUT2D eigenvalue weighted by Crippen LogP contribution is -2.39. The van der Waals surface area contributed by atoms with E-state index in [0.29, 0.717) is 24.9 Å². The number of ether oxygens (including phenoxy) is 1. The summed E-state index contributed by atoms with van der Waals surface area (Å²) in [6, 6.07) is 13.8. The fourth-order valence-electron chi connectivity index (χ4n) is 5.71. The van der Waals surface area contributed by atoms with E-state index < -0.39 is 0 Å². The van der Waals surface area contributed by atoms with Gasteiger partial charge >= 0.3 is 6.09 Å². The van der Waals surface area contributed by atoms with Gasteiger partial charge in [0, 0.05) is 37.9 Å². The van der Waals surface area contributed by atoms with Crippen molar-refractivity contribution >= 4 is 11.9 Å². The molecule has 2 aliphatic heterocycles. The fourth-order valence-corrected chi connectivity index (χ4v) is 5.71. The molecule has 2 atom stereocenters. The van der Waals surface area contributed by atoms with Crippen LogP contribution < -0.4 is 5.32 Å². The molecule has 4 heterocycles. The molecule has 1 saturated carbocycles. The van der Waals surface area contributed by atoms with Gasteiger partial charge in [-0.1, -0.05) is 36.4 Å². The van der Waals surface area contributed by atoms with Crippen molar-refractivity contribution in [3.63, 3.8) is 0 Å². The van der Waals surface area contributed by atoms with Crippen molar-refractivity contribution in [1.29, 1.82) is 0 Å². The number of hydrogen-bond donors (Lipinski definition) is 1. The zero-order chi connectivity index (χ0) is 25.2. The first-order valence-electron chi connectivity index (χ1n) is 13.4. The molecule has 8 nitrogen and oxygen atoms in total. The van der Waals surface area contributed by atoms with Crippen LogP contribution in [0.2, 0.25) is 0 Å². The third-order valence-corrected chi connectivity index (χ3v) is 7.94. The summed E-state index contributed by atoms with van der Waals surface area (Å²) < 4.78 is 7.62. The van der Waals surface area contributed by atoms with Crippen molar-refractivity contribution in [2.24, 2.45) is 0 Å². The first-order valence-corrected chi connectivity index (χ1v) is 13.4. The maximum atomic E-state index is 13.6. The number of benzene rings is 1. The Bertz CT molecular complexity index is 1230. The molecule has 3 aromatic rings. The number of amides is 1. The summed E-state index contributed by atoms with van der Waals surface area (Å²) in [7, 11) is 0. The average Bonchev–Trinajstić information content (AvgIpc) is 3.50. The molecule has 3 fully saturated rings. The van der Waals surface area contributed by atoms with E-state index in [9.17, 15) is 9.59 Å². The molecule has 37 heavy (non-hydrogen) atoms. The lowest BCUT2D eigenvalue weighted by Gasteiger charge is -2.32. The van der Waals surface area contributed by atoms with Crippen LogP contribution in [0.15, 0.2) is 61.1 Å². The van der Waals surface area contributed by atoms with Crippen LogP contribution in [0.4, 0.5) is 4.79 Å². The van der Waals surface area contributed by atoms with Gasteiger partial charge in [-0.25, -0.2) is 4.79 Å². The maximum absolute atomic E-state index is 13.6. The second kappa shape index (κ2) is 10.5. The molecule has 3 aliphatic rings. The smallest absolute Gasteiger partial charge is 0.410 e. The molecule has 8 heteroatoms. The Balaban J connectivity index is 1.09. The van der Waals surface area contributed by atoms with Crippen molar-refractivity contribution < 1.29 is 14.3 Å². The summed E-state index contributed by atoms with van der Waals surface area (Å²) in [6.07, 6.45) is 9.80. The number of likely N-dealkylation sites (tertiary alicyclic amines) is 1. The van der Waals surface area contributed by atoms with E-state index in [-0.39, 0.29) is 30.6 Å². The van der Waals surface area contributed by atoms with Crippen LogP contribution in [0, 0.1) is 0 Å². The standard InChI is InChI=1S/C29H33N5O3/c35-28(26-15-23(17-31-26)22-7-4-12-30-16-22)25-18-32-34(27(25)21-8-9-21)24-10-13-33(14-11-24)29(36)37-19-20-5-2-1-3-6-20/h1-7,12,16,18,21,23-24,26,31H,8-11,13-15,17,19H2. The summed E-state index contributed by atoms with van der Waals surface area (Å²) in [5.41, 5.74) is 4.03. The third kappa shape index (κ3) is 5.16. The number of nitrogens with zero attached hydrogens (tertiary/aromatic N) is 4. The van der Waals surface area contributed by atoms with Crippen molar-refractivity contribution in [2.75, 3.05) is 19.6 Å². The summed E-state index contributed by atoms with van der Waals surface area (Å²) in [5, 5.41) is 8.19. The minimum atomic E-state index is -0.267. The van der Waals surface area contributed by atoms with E-state index in [2.05, 4.69) is 21.0 Å². The van der Waals surface area contributed by atoms with Crippen LogP contribution in [-0.2, 0) is 11.3 Å². The first-order chi connectivity index (χ1) is 18.2. The minimum absolute atomic E-state index is 0.154. The highest BCUT2D eigenvalue weighted by atomic mass is 16.6. The number of nitrogens with one attached hydrogen (secondary N) is 1. The van der Waals surface area contributed by atoms with Gasteiger partial charge in [0.1, 0.15) is 6.61 Å². The van der Waals surface area contributed by atoms with E-state index in [1.54, 1.807) is 17.3 Å². The molecule has 0 bridgehead atoms. The van der Waals surface area contributed by atoms with Gasteiger partial charge in [0.25, 0.3) is 0 Å². The number of ketones is 1. The molecule has 6 rings (SSSR count). The summed E-state index contributed by atoms with van der Waals surface area (Å²) in [6.45, 7) is 2.33. The predicted octanol–water partition coefficient (Wildman–Crippen LogP) is 4.46. The highest BCUT2D eigenvalue weighted by molar-refractivity contribution is 6.01. The summed E-state index contributed by atoms with van der Waals surface area (Å²) in [5.74, 6) is 0.861. The molecule has 1 amide bonds. The Morgan fingerprint density at radius 2 is 1.78 bits per heavy atom. The molecular formula is C29H33N5O3. The third-order valence-electron chi connectivity index (χ3n) is 7.94. The largest absolute Gasteiger partial charge is 0.445 e. The second-order valence-corrected chi connectivity index (χ2v) is 10.5. The molecule has 1 N–H and O–H groups in total. The highest BCUT2D eigenvalue weighted by Gasteiger charge is 2.39. The van der Waals surface area contributed by atoms with Crippen LogP contribution in [0.3, 0.4) is 0 Å². The van der Waals surface area contributed by atoms with Crippen LogP contribution in [-0.4, -0.2) is 57.2 Å². The fraction of sp³-hybridized carbons (Fsp3) is 0.448. The van der Waals surface area contributed by atoms with E-state index in [1.807, 2.05) is 42.6 Å². The topological polar surface area (TPSA) is 89.4 Å². The highest BCUT2D eigenvalue weighted by Crippen LogP contribution is 2.44. The number of carbonyl (C=O) groups excluding carboxylic acids is 2. The molecule has 0 spiro atoms. The van der Waals surface area contributed by atoms with Crippen molar-refractivity contribution in [1.82, 2.24) is 25.0 Å². The normalized spacial score (nSPS) is 22.2. The van der Waals surface area contributed by atoms with Gasteiger partial charge < -0.3 is 15.0 Å². The average molecular weight is 500 g/mol. The number of carbonyl (C=O) groups is 2. The first kappa shape index (κ1) is 23.9. The van der Waals surface area contributed by atoms with Crippen molar-refractivity contribution in [2.45, 2.75) is 62.6 Å². The Labute approximate surface area is 217 Å². The predicted molar refractivity (Wildman–Crippen MR) is 138 cm³/mol. The zero-order valence-electron chi connectivity index (χ0n) is 21.0. The van der Waals surface area contributed by atoms with Gasteiger partial charge in [-0.15, -0.1) is 0 Å². The number of Topliss-reactive ketones (excluding diaryl/α,β-unsaturated/α-hetero) is 1. The zero-order valence-corrected chi connectivity index (χ0v) is 21.0. The molecular weight excluding hydrogens is 466 g/mol. The Hall–Kier alpha value is -3.52. The number of rotatable bonds is 7. The van der Waals surface area contributed by atoms with Gasteiger partial charge in [0.2, 0.25) is 0 Å². The number of pyridine rings is 1. The van der Waals surface area contributed by atoms with E-state index in [1.165, 1.54) is 5.56 Å². The Kier molecular flexibility index (Phi) is 6.74. The van der Waals surface area contributed by atoms with Gasteiger partial charge in [-0.3, -0.25) is 14.5 Å². The molecule has 1 aromatic carbocycles. The molecule has 192 valence electrons. The Morgan fingerprint density at radius 1 is 0.973 bits per heavy atom. The van der Waals surface area contributed by atoms with Crippen LogP contribution in [0.5, 0.6) is 0 Å². The van der Waals surface area contributed by atoms with Gasteiger partial charge in [-0.2, -0.15) is 5.10 Å². The van der Waals surface area contributed by atoms with E-state index in [4.69, 9.17) is 9.84 Å². The SMILES string of the molecule is O=C(c1cnn(C2CCN(C(=O)OCc3ccccc3)CC2)c1C1CC1)C1CC(c2cccnc2)CN1. The van der Waals surface area contributed by atoms with Gasteiger partial charge in [0.05, 0.1) is 29.5 Å². The van der Waals surface area contributed by atoms with Crippen LogP contribution in [0.1, 0.15) is 77.2 Å². The van der Waals surface area contributed by atoms with Gasteiger partial charge in [0.15, 0.2) is 5.78 Å². The van der Waals surface area contributed by atoms with Crippen LogP contribution in [0.25, 0.3) is 0 Å². The van der Waals surface area contributed by atoms with E-state index in [0.717, 1.165) is 55.5 Å². The van der Waals surface area contributed by atoms with Crippen molar-refractivity contribution in [3.8, 4) is 0 Å². The Morgan fingerprint density at radius 3 is 2.51 bits per heavy atom. The minimum Gasteiger partial charge on any atom is -0.445 e. The van der Waals surface area contributed by atoms with Crippen LogP contribution >= 0.6 is 0 Å². The molecule has 2 unspecified atom stereocenters. The van der Waals surface area contributed by atoms with Gasteiger partial charge in [-0.05, 0) is 55.2 Å².